The Kier molecular flexibility index (Phi) is 7.22. The zero-order chi connectivity index (χ0) is 29.9. The number of aryl methyl sites for hydroxylation is 2. The van der Waals surface area contributed by atoms with E-state index >= 15 is 0 Å². The van der Waals surface area contributed by atoms with Crippen LogP contribution in [0.5, 0.6) is 11.8 Å². The molecule has 0 fully saturated rings. The maximum absolute atomic E-state index is 6.33. The topological polar surface area (TPSA) is 48.1 Å². The largest absolute Gasteiger partial charge is 0.425 e. The first-order valence-corrected chi connectivity index (χ1v) is 14.6. The fraction of sp³-hybridized carbons (Fsp3) is 0.0526. The van der Waals surface area contributed by atoms with E-state index in [2.05, 4.69) is 107 Å². The van der Waals surface area contributed by atoms with Gasteiger partial charge in [-0.05, 0) is 85.6 Å². The molecule has 0 aliphatic rings. The average molecular weight is 574 g/mol. The van der Waals surface area contributed by atoms with Gasteiger partial charge in [0, 0.05) is 53.0 Å². The highest BCUT2D eigenvalue weighted by molar-refractivity contribution is 5.79. The third kappa shape index (κ3) is 5.49. The van der Waals surface area contributed by atoms with Gasteiger partial charge in [0.05, 0.1) is 17.7 Å². The minimum Gasteiger partial charge on any atom is -0.425 e. The van der Waals surface area contributed by atoms with Crippen LogP contribution < -0.4 is 9.64 Å². The lowest BCUT2D eigenvalue weighted by atomic mass is 10.1. The van der Waals surface area contributed by atoms with E-state index in [0.717, 1.165) is 39.7 Å². The number of nitrogens with zero attached hydrogens (tertiary/aromatic N) is 5. The molecule has 0 unspecified atom stereocenters. The van der Waals surface area contributed by atoms with Crippen LogP contribution >= 0.6 is 0 Å². The fourth-order valence-electron chi connectivity index (χ4n) is 5.27. The molecule has 0 spiro atoms. The zero-order valence-corrected chi connectivity index (χ0v) is 24.6. The van der Waals surface area contributed by atoms with E-state index in [9.17, 15) is 0 Å². The number of hydrogen-bond donors (Lipinski definition) is 0. The number of benzene rings is 5. The summed E-state index contributed by atoms with van der Waals surface area (Å²) in [4.78, 5) is 11.5. The molecule has 0 N–H and O–H groups in total. The van der Waals surface area contributed by atoms with Crippen molar-refractivity contribution in [3.8, 4) is 34.4 Å². The number of imidazole rings is 2. The van der Waals surface area contributed by atoms with Gasteiger partial charge in [-0.2, -0.15) is 0 Å². The van der Waals surface area contributed by atoms with Crippen molar-refractivity contribution in [2.75, 3.05) is 4.90 Å². The molecule has 0 saturated carbocycles. The molecule has 0 saturated heterocycles. The lowest BCUT2D eigenvalue weighted by molar-refractivity contribution is 0.435. The van der Waals surface area contributed by atoms with Crippen molar-refractivity contribution in [1.82, 2.24) is 19.1 Å². The van der Waals surface area contributed by atoms with Crippen LogP contribution in [-0.4, -0.2) is 19.1 Å². The minimum atomic E-state index is 0.501. The Morgan fingerprint density at radius 1 is 0.614 bits per heavy atom. The Morgan fingerprint density at radius 2 is 1.34 bits per heavy atom. The van der Waals surface area contributed by atoms with Gasteiger partial charge in [-0.3, -0.25) is 4.57 Å². The molecule has 0 aliphatic carbocycles. The lowest BCUT2D eigenvalue weighted by Gasteiger charge is -2.26. The maximum Gasteiger partial charge on any atom is 0.306 e. The van der Waals surface area contributed by atoms with Crippen LogP contribution in [0.15, 0.2) is 152 Å². The molecule has 214 valence electrons. The number of rotatable bonds is 8. The fourth-order valence-corrected chi connectivity index (χ4v) is 5.27. The standard InChI is InChI=1S/C38H31N5O/c1-28-19-20-33(23-29(28)2)41-26-37(40-27-41)30-11-9-16-34(24-30)43(32-14-7-4-8-15-32)35-17-10-18-36(25-35)44-38-39-21-22-42(38)31-12-5-3-6-13-31/h3-27H,1-2H3. The second-order valence-corrected chi connectivity index (χ2v) is 10.7. The van der Waals surface area contributed by atoms with E-state index in [1.54, 1.807) is 6.20 Å². The van der Waals surface area contributed by atoms with Crippen molar-refractivity contribution in [1.29, 1.82) is 0 Å². The Balaban J connectivity index is 1.23. The van der Waals surface area contributed by atoms with Gasteiger partial charge in [0.15, 0.2) is 0 Å². The molecule has 0 aliphatic heterocycles. The normalized spacial score (nSPS) is 11.0. The molecular formula is C38H31N5O. The van der Waals surface area contributed by atoms with Crippen molar-refractivity contribution in [2.24, 2.45) is 0 Å². The smallest absolute Gasteiger partial charge is 0.306 e. The summed E-state index contributed by atoms with van der Waals surface area (Å²) in [6.07, 6.45) is 7.60. The number of hydrogen-bond acceptors (Lipinski definition) is 4. The number of aromatic nitrogens is 4. The van der Waals surface area contributed by atoms with Crippen LogP contribution in [0.1, 0.15) is 11.1 Å². The summed E-state index contributed by atoms with van der Waals surface area (Å²) in [6.45, 7) is 4.26. The second-order valence-electron chi connectivity index (χ2n) is 10.7. The number of anilines is 3. The highest BCUT2D eigenvalue weighted by Gasteiger charge is 2.16. The van der Waals surface area contributed by atoms with Crippen LogP contribution in [0.25, 0.3) is 22.6 Å². The molecule has 5 aromatic carbocycles. The Hall–Kier alpha value is -5.88. The summed E-state index contributed by atoms with van der Waals surface area (Å²) in [5, 5.41) is 0. The van der Waals surface area contributed by atoms with Gasteiger partial charge in [0.2, 0.25) is 0 Å². The highest BCUT2D eigenvalue weighted by Crippen LogP contribution is 2.38. The third-order valence-corrected chi connectivity index (χ3v) is 7.71. The van der Waals surface area contributed by atoms with Gasteiger partial charge in [-0.15, -0.1) is 0 Å². The first-order valence-electron chi connectivity index (χ1n) is 14.6. The zero-order valence-electron chi connectivity index (χ0n) is 24.6. The SMILES string of the molecule is Cc1ccc(-n2cnc(-c3cccc(N(c4ccccc4)c4cccc(Oc5nccn5-c5ccccc5)c4)c3)c2)cc1C. The van der Waals surface area contributed by atoms with E-state index in [1.807, 2.05) is 71.7 Å². The summed E-state index contributed by atoms with van der Waals surface area (Å²) < 4.78 is 10.3. The predicted molar refractivity (Wildman–Crippen MR) is 177 cm³/mol. The molecule has 7 rings (SSSR count). The van der Waals surface area contributed by atoms with Crippen LogP contribution in [0.4, 0.5) is 17.1 Å². The summed E-state index contributed by atoms with van der Waals surface area (Å²) in [5.41, 5.74) is 9.56. The van der Waals surface area contributed by atoms with Gasteiger partial charge in [-0.25, -0.2) is 9.97 Å². The van der Waals surface area contributed by atoms with E-state index in [1.165, 1.54) is 11.1 Å². The van der Waals surface area contributed by atoms with Crippen LogP contribution in [0.2, 0.25) is 0 Å². The molecule has 6 heteroatoms. The Labute approximate surface area is 257 Å². The molecule has 2 heterocycles. The molecule has 7 aromatic rings. The van der Waals surface area contributed by atoms with E-state index in [0.29, 0.717) is 11.8 Å². The Bertz CT molecular complexity index is 2030. The molecule has 6 nitrogen and oxygen atoms in total. The highest BCUT2D eigenvalue weighted by atomic mass is 16.5. The lowest BCUT2D eigenvalue weighted by Crippen LogP contribution is -2.10. The first kappa shape index (κ1) is 27.0. The third-order valence-electron chi connectivity index (χ3n) is 7.71. The number of para-hydroxylation sites is 2. The quantitative estimate of drug-likeness (QED) is 0.182. The van der Waals surface area contributed by atoms with Crippen molar-refractivity contribution in [2.45, 2.75) is 13.8 Å². The van der Waals surface area contributed by atoms with E-state index in [4.69, 9.17) is 9.72 Å². The van der Waals surface area contributed by atoms with Gasteiger partial charge in [0.25, 0.3) is 0 Å². The van der Waals surface area contributed by atoms with Crippen molar-refractivity contribution >= 4 is 17.1 Å². The minimum absolute atomic E-state index is 0.501. The van der Waals surface area contributed by atoms with E-state index < -0.39 is 0 Å². The first-order chi connectivity index (χ1) is 21.6. The van der Waals surface area contributed by atoms with Crippen molar-refractivity contribution in [3.05, 3.63) is 163 Å². The second kappa shape index (κ2) is 11.8. The number of ether oxygens (including phenoxy) is 1. The van der Waals surface area contributed by atoms with Gasteiger partial charge in [0.1, 0.15) is 5.75 Å². The molecular weight excluding hydrogens is 542 g/mol. The van der Waals surface area contributed by atoms with Gasteiger partial charge < -0.3 is 14.2 Å². The Morgan fingerprint density at radius 3 is 2.14 bits per heavy atom. The van der Waals surface area contributed by atoms with Crippen molar-refractivity contribution < 1.29 is 4.74 Å². The summed E-state index contributed by atoms with van der Waals surface area (Å²) in [5.74, 6) is 0.690. The molecule has 0 radical (unpaired) electrons. The molecule has 0 atom stereocenters. The molecule has 0 amide bonds. The monoisotopic (exact) mass is 573 g/mol. The van der Waals surface area contributed by atoms with Crippen LogP contribution in [0.3, 0.4) is 0 Å². The maximum atomic E-state index is 6.33. The van der Waals surface area contributed by atoms with E-state index in [-0.39, 0.29) is 0 Å². The molecule has 44 heavy (non-hydrogen) atoms. The summed E-state index contributed by atoms with van der Waals surface area (Å²) in [7, 11) is 0. The average Bonchev–Trinajstić information content (AvgIpc) is 3.75. The predicted octanol–water partition coefficient (Wildman–Crippen LogP) is 9.60. The van der Waals surface area contributed by atoms with Gasteiger partial charge in [-0.1, -0.05) is 60.7 Å². The van der Waals surface area contributed by atoms with Crippen LogP contribution in [0, 0.1) is 13.8 Å². The molecule has 0 bridgehead atoms. The summed E-state index contributed by atoms with van der Waals surface area (Å²) >= 11 is 0. The van der Waals surface area contributed by atoms with Crippen molar-refractivity contribution in [3.63, 3.8) is 0 Å². The van der Waals surface area contributed by atoms with Crippen LogP contribution in [-0.2, 0) is 0 Å². The van der Waals surface area contributed by atoms with Gasteiger partial charge >= 0.3 is 6.01 Å². The molecule has 2 aromatic heterocycles. The summed E-state index contributed by atoms with van der Waals surface area (Å²) in [6, 6.07) is 43.9.